The maximum atomic E-state index is 12.4. The third-order valence-corrected chi connectivity index (χ3v) is 5.90. The first-order chi connectivity index (χ1) is 14.1. The van der Waals surface area contributed by atoms with E-state index < -0.39 is 0 Å². The van der Waals surface area contributed by atoms with Gasteiger partial charge in [-0.05, 0) is 36.6 Å². The van der Waals surface area contributed by atoms with Crippen LogP contribution in [-0.2, 0) is 11.3 Å². The fourth-order valence-corrected chi connectivity index (χ4v) is 4.04. The second-order valence-corrected chi connectivity index (χ2v) is 8.22. The number of rotatable bonds is 8. The molecule has 0 aliphatic heterocycles. The minimum Gasteiger partial charge on any atom is -0.495 e. The van der Waals surface area contributed by atoms with Crippen LogP contribution in [0.2, 0.25) is 5.02 Å². The van der Waals surface area contributed by atoms with E-state index in [1.807, 2.05) is 18.2 Å². The third kappa shape index (κ3) is 4.92. The number of hydrogen-bond donors (Lipinski definition) is 1. The van der Waals surface area contributed by atoms with Gasteiger partial charge in [-0.25, -0.2) is 0 Å². The molecule has 1 N–H and O–H groups in total. The zero-order valence-electron chi connectivity index (χ0n) is 16.0. The van der Waals surface area contributed by atoms with E-state index in [-0.39, 0.29) is 11.7 Å². The van der Waals surface area contributed by atoms with Crippen LogP contribution in [0.25, 0.3) is 0 Å². The van der Waals surface area contributed by atoms with E-state index in [1.165, 1.54) is 17.3 Å². The Bertz CT molecular complexity index is 1010. The zero-order valence-corrected chi connectivity index (χ0v) is 17.5. The van der Waals surface area contributed by atoms with Crippen LogP contribution in [0.4, 0.5) is 5.69 Å². The molecule has 1 aromatic heterocycles. The molecule has 1 aliphatic rings. The number of carbonyl (C=O) groups is 1. The van der Waals surface area contributed by atoms with Crippen LogP contribution in [0.15, 0.2) is 53.7 Å². The molecule has 4 rings (SSSR count). The van der Waals surface area contributed by atoms with Gasteiger partial charge in [0, 0.05) is 11.6 Å². The highest BCUT2D eigenvalue weighted by molar-refractivity contribution is 7.99. The fraction of sp³-hybridized carbons (Fsp3) is 0.286. The fourth-order valence-electron chi connectivity index (χ4n) is 3.04. The molecule has 8 heteroatoms. The molecule has 0 radical (unpaired) electrons. The number of nitrogens with one attached hydrogen (secondary N) is 1. The number of methoxy groups -OCH3 is 1. The summed E-state index contributed by atoms with van der Waals surface area (Å²) in [4.78, 5) is 12.4. The van der Waals surface area contributed by atoms with Crippen molar-refractivity contribution in [1.82, 2.24) is 14.8 Å². The van der Waals surface area contributed by atoms with Gasteiger partial charge in [-0.15, -0.1) is 10.2 Å². The number of nitrogens with zero attached hydrogens (tertiary/aromatic N) is 3. The lowest BCUT2D eigenvalue weighted by Gasteiger charge is -2.10. The lowest BCUT2D eigenvalue weighted by atomic mass is 10.2. The molecule has 0 atom stereocenters. The first-order valence-electron chi connectivity index (χ1n) is 9.37. The van der Waals surface area contributed by atoms with Gasteiger partial charge in [-0.2, -0.15) is 0 Å². The molecule has 1 saturated carbocycles. The average Bonchev–Trinajstić information content (AvgIpc) is 3.49. The van der Waals surface area contributed by atoms with Gasteiger partial charge in [0.05, 0.1) is 24.4 Å². The van der Waals surface area contributed by atoms with E-state index in [0.29, 0.717) is 28.9 Å². The lowest BCUT2D eigenvalue weighted by Crippen LogP contribution is -2.15. The molecule has 2 aromatic carbocycles. The van der Waals surface area contributed by atoms with Crippen molar-refractivity contribution in [1.29, 1.82) is 0 Å². The van der Waals surface area contributed by atoms with Crippen LogP contribution in [0.5, 0.6) is 5.75 Å². The normalized spacial score (nSPS) is 13.3. The van der Waals surface area contributed by atoms with Gasteiger partial charge in [0.1, 0.15) is 11.6 Å². The zero-order chi connectivity index (χ0) is 20.2. The number of amides is 1. The van der Waals surface area contributed by atoms with Crippen molar-refractivity contribution in [3.63, 3.8) is 0 Å². The Hall–Kier alpha value is -2.51. The molecule has 1 heterocycles. The van der Waals surface area contributed by atoms with Crippen LogP contribution >= 0.6 is 23.4 Å². The number of halogens is 1. The number of benzene rings is 2. The van der Waals surface area contributed by atoms with Gasteiger partial charge in [-0.1, -0.05) is 53.7 Å². The summed E-state index contributed by atoms with van der Waals surface area (Å²) in [5.41, 5.74) is 1.82. The van der Waals surface area contributed by atoms with Gasteiger partial charge in [0.15, 0.2) is 5.16 Å². The summed E-state index contributed by atoms with van der Waals surface area (Å²) in [5, 5.41) is 12.8. The van der Waals surface area contributed by atoms with E-state index in [0.717, 1.165) is 23.8 Å². The number of hydrogen-bond acceptors (Lipinski definition) is 5. The predicted octanol–water partition coefficient (Wildman–Crippen LogP) is 4.60. The first-order valence-corrected chi connectivity index (χ1v) is 10.7. The summed E-state index contributed by atoms with van der Waals surface area (Å²) >= 11 is 7.51. The predicted molar refractivity (Wildman–Crippen MR) is 115 cm³/mol. The molecule has 0 spiro atoms. The van der Waals surface area contributed by atoms with E-state index in [9.17, 15) is 4.79 Å². The number of ether oxygens (including phenoxy) is 1. The van der Waals surface area contributed by atoms with Crippen LogP contribution in [0.3, 0.4) is 0 Å². The molecule has 0 saturated heterocycles. The van der Waals surface area contributed by atoms with Gasteiger partial charge < -0.3 is 14.6 Å². The summed E-state index contributed by atoms with van der Waals surface area (Å²) in [7, 11) is 1.55. The molecule has 150 valence electrons. The largest absolute Gasteiger partial charge is 0.495 e. The van der Waals surface area contributed by atoms with Crippen molar-refractivity contribution < 1.29 is 9.53 Å². The number of thioether (sulfide) groups is 1. The SMILES string of the molecule is COc1ccc(NC(=O)CSc2nnc(C3CC3)n2Cc2ccccc2)cc1Cl. The Labute approximate surface area is 178 Å². The Morgan fingerprint density at radius 2 is 2.03 bits per heavy atom. The summed E-state index contributed by atoms with van der Waals surface area (Å²) in [6.07, 6.45) is 2.30. The summed E-state index contributed by atoms with van der Waals surface area (Å²) in [6.45, 7) is 0.706. The third-order valence-electron chi connectivity index (χ3n) is 4.64. The number of anilines is 1. The second-order valence-electron chi connectivity index (χ2n) is 6.87. The second kappa shape index (κ2) is 8.88. The topological polar surface area (TPSA) is 69.0 Å². The molecular weight excluding hydrogens is 408 g/mol. The van der Waals surface area contributed by atoms with E-state index in [4.69, 9.17) is 16.3 Å². The molecule has 6 nitrogen and oxygen atoms in total. The molecule has 0 unspecified atom stereocenters. The van der Waals surface area contributed by atoms with E-state index >= 15 is 0 Å². The molecule has 29 heavy (non-hydrogen) atoms. The van der Waals surface area contributed by atoms with Crippen LogP contribution < -0.4 is 10.1 Å². The Morgan fingerprint density at radius 1 is 1.24 bits per heavy atom. The van der Waals surface area contributed by atoms with E-state index in [1.54, 1.807) is 25.3 Å². The average molecular weight is 429 g/mol. The maximum absolute atomic E-state index is 12.4. The van der Waals surface area contributed by atoms with Gasteiger partial charge in [0.25, 0.3) is 0 Å². The highest BCUT2D eigenvalue weighted by Crippen LogP contribution is 2.40. The van der Waals surface area contributed by atoms with Gasteiger partial charge >= 0.3 is 0 Å². The summed E-state index contributed by atoms with van der Waals surface area (Å²) in [6, 6.07) is 15.4. The van der Waals surface area contributed by atoms with Crippen molar-refractivity contribution >= 4 is 35.0 Å². The minimum absolute atomic E-state index is 0.126. The maximum Gasteiger partial charge on any atom is 0.234 e. The van der Waals surface area contributed by atoms with Gasteiger partial charge in [-0.3, -0.25) is 4.79 Å². The van der Waals surface area contributed by atoms with Crippen molar-refractivity contribution in [2.45, 2.75) is 30.5 Å². The van der Waals surface area contributed by atoms with Crippen molar-refractivity contribution in [2.75, 3.05) is 18.2 Å². The first kappa shape index (κ1) is 19.8. The molecular formula is C21H21ClN4O2S. The molecule has 0 bridgehead atoms. The van der Waals surface area contributed by atoms with Crippen LogP contribution in [0, 0.1) is 0 Å². The van der Waals surface area contributed by atoms with Crippen molar-refractivity contribution in [3.05, 3.63) is 64.9 Å². The Morgan fingerprint density at radius 3 is 2.72 bits per heavy atom. The highest BCUT2D eigenvalue weighted by Gasteiger charge is 2.30. The molecule has 1 fully saturated rings. The molecule has 1 aliphatic carbocycles. The van der Waals surface area contributed by atoms with Gasteiger partial charge in [0.2, 0.25) is 5.91 Å². The minimum atomic E-state index is -0.126. The number of carbonyl (C=O) groups excluding carboxylic acids is 1. The quantitative estimate of drug-likeness (QED) is 0.531. The smallest absolute Gasteiger partial charge is 0.234 e. The monoisotopic (exact) mass is 428 g/mol. The van der Waals surface area contributed by atoms with Crippen LogP contribution in [0.1, 0.15) is 30.1 Å². The summed E-state index contributed by atoms with van der Waals surface area (Å²) < 4.78 is 7.27. The highest BCUT2D eigenvalue weighted by atomic mass is 35.5. The van der Waals surface area contributed by atoms with Crippen molar-refractivity contribution in [2.24, 2.45) is 0 Å². The van der Waals surface area contributed by atoms with Crippen molar-refractivity contribution in [3.8, 4) is 5.75 Å². The van der Waals surface area contributed by atoms with E-state index in [2.05, 4.69) is 32.2 Å². The van der Waals surface area contributed by atoms with Crippen LogP contribution in [-0.4, -0.2) is 33.5 Å². The standard InChI is InChI=1S/C21H21ClN4O2S/c1-28-18-10-9-16(11-17(18)22)23-19(27)13-29-21-25-24-20(15-7-8-15)26(21)12-14-5-3-2-4-6-14/h2-6,9-11,15H,7-8,12-13H2,1H3,(H,23,27). The Balaban J connectivity index is 1.42. The number of aromatic nitrogens is 3. The molecule has 3 aromatic rings. The Kier molecular flexibility index (Phi) is 6.06. The lowest BCUT2D eigenvalue weighted by molar-refractivity contribution is -0.113. The summed E-state index contributed by atoms with van der Waals surface area (Å²) in [5.74, 6) is 2.18. The molecule has 1 amide bonds.